The van der Waals surface area contributed by atoms with E-state index in [2.05, 4.69) is 23.7 Å². The van der Waals surface area contributed by atoms with E-state index >= 15 is 0 Å². The van der Waals surface area contributed by atoms with Crippen molar-refractivity contribution < 1.29 is 19.2 Å². The van der Waals surface area contributed by atoms with Crippen LogP contribution in [-0.4, -0.2) is 23.6 Å². The van der Waals surface area contributed by atoms with E-state index in [9.17, 15) is 19.2 Å². The van der Waals surface area contributed by atoms with Crippen molar-refractivity contribution in [2.45, 2.75) is 0 Å². The average Bonchev–Trinajstić information content (AvgIpc) is 3.47. The van der Waals surface area contributed by atoms with E-state index in [0.29, 0.717) is 11.1 Å². The predicted molar refractivity (Wildman–Crippen MR) is 166 cm³/mol. The second kappa shape index (κ2) is 10.7. The standard InChI is InChI=1S/C38H20N2O4/c41-35-31-20-18-27(16-14-25-8-3-1-4-9-25)22-33(31)37(43)39(35)29-12-7-13-30(24-29)40-36(42)32-21-19-28(23-34(32)38(40)44)17-15-26-10-5-2-6-11-26/h1-13,18-24H. The average molecular weight is 569 g/mol. The van der Waals surface area contributed by atoms with Gasteiger partial charge in [-0.1, -0.05) is 66.1 Å². The minimum Gasteiger partial charge on any atom is -0.268 e. The number of benzene rings is 5. The molecule has 0 N–H and O–H groups in total. The molecule has 44 heavy (non-hydrogen) atoms. The lowest BCUT2D eigenvalue weighted by atomic mass is 10.1. The molecular formula is C38H20N2O4. The van der Waals surface area contributed by atoms with Crippen LogP contribution in [0.15, 0.2) is 121 Å². The Bertz CT molecular complexity index is 2010. The first-order valence-corrected chi connectivity index (χ1v) is 13.8. The van der Waals surface area contributed by atoms with Crippen LogP contribution < -0.4 is 9.80 Å². The number of hydrogen-bond donors (Lipinski definition) is 0. The van der Waals surface area contributed by atoms with E-state index in [1.165, 1.54) is 6.07 Å². The highest BCUT2D eigenvalue weighted by atomic mass is 16.2. The summed E-state index contributed by atoms with van der Waals surface area (Å²) >= 11 is 0. The number of nitrogens with zero attached hydrogens (tertiary/aromatic N) is 2. The maximum absolute atomic E-state index is 13.5. The molecule has 0 spiro atoms. The van der Waals surface area contributed by atoms with Gasteiger partial charge in [0.25, 0.3) is 23.6 Å². The molecule has 0 aromatic heterocycles. The lowest BCUT2D eigenvalue weighted by Gasteiger charge is -2.18. The predicted octanol–water partition coefficient (Wildman–Crippen LogP) is 6.09. The van der Waals surface area contributed by atoms with Gasteiger partial charge in [-0.05, 0) is 78.9 Å². The monoisotopic (exact) mass is 568 g/mol. The Morgan fingerprint density at radius 3 is 1.16 bits per heavy atom. The number of imide groups is 2. The fraction of sp³-hybridized carbons (Fsp3) is 0. The van der Waals surface area contributed by atoms with E-state index in [1.54, 1.807) is 54.6 Å². The maximum atomic E-state index is 13.5. The van der Waals surface area contributed by atoms with Crippen LogP contribution in [-0.2, 0) is 0 Å². The SMILES string of the molecule is O=C1c2ccc(C#Cc3ccccc3)cc2C(=O)N1c1cccc(N2C(=O)c3ccc(C#Cc4ccccc4)cc3C2=O)c1. The van der Waals surface area contributed by atoms with Crippen LogP contribution in [0.5, 0.6) is 0 Å². The first-order valence-electron chi connectivity index (χ1n) is 13.8. The summed E-state index contributed by atoms with van der Waals surface area (Å²) in [5.74, 6) is 10.2. The summed E-state index contributed by atoms with van der Waals surface area (Å²) in [5.41, 5.74) is 4.36. The van der Waals surface area contributed by atoms with Gasteiger partial charge < -0.3 is 0 Å². The number of amides is 4. The molecule has 0 atom stereocenters. The molecule has 4 amide bonds. The van der Waals surface area contributed by atoms with Crippen molar-refractivity contribution in [1.29, 1.82) is 0 Å². The van der Waals surface area contributed by atoms with E-state index in [-0.39, 0.29) is 33.6 Å². The summed E-state index contributed by atoms with van der Waals surface area (Å²) in [6, 6.07) is 35.0. The zero-order valence-corrected chi connectivity index (χ0v) is 23.1. The minimum absolute atomic E-state index is 0.241. The van der Waals surface area contributed by atoms with Crippen LogP contribution in [0, 0.1) is 23.7 Å². The Morgan fingerprint density at radius 2 is 0.727 bits per heavy atom. The van der Waals surface area contributed by atoms with E-state index < -0.39 is 23.6 Å². The van der Waals surface area contributed by atoms with Crippen LogP contribution in [0.25, 0.3) is 0 Å². The summed E-state index contributed by atoms with van der Waals surface area (Å²) in [6.07, 6.45) is 0. The van der Waals surface area contributed by atoms with Crippen molar-refractivity contribution in [2.24, 2.45) is 0 Å². The molecular weight excluding hydrogens is 548 g/mol. The first-order chi connectivity index (χ1) is 21.5. The molecule has 6 heteroatoms. The highest BCUT2D eigenvalue weighted by Gasteiger charge is 2.39. The second-order valence-electron chi connectivity index (χ2n) is 10.2. The van der Waals surface area contributed by atoms with Crippen LogP contribution in [0.2, 0.25) is 0 Å². The van der Waals surface area contributed by atoms with Gasteiger partial charge in [0.2, 0.25) is 0 Å². The van der Waals surface area contributed by atoms with Crippen LogP contribution in [0.1, 0.15) is 63.7 Å². The van der Waals surface area contributed by atoms with Gasteiger partial charge in [-0.15, -0.1) is 0 Å². The topological polar surface area (TPSA) is 74.8 Å². The summed E-state index contributed by atoms with van der Waals surface area (Å²) in [4.78, 5) is 55.7. The molecule has 0 radical (unpaired) electrons. The number of hydrogen-bond acceptors (Lipinski definition) is 4. The molecule has 206 valence electrons. The zero-order valence-electron chi connectivity index (χ0n) is 23.1. The van der Waals surface area contributed by atoms with Gasteiger partial charge in [-0.2, -0.15) is 0 Å². The molecule has 0 aliphatic carbocycles. The van der Waals surface area contributed by atoms with Gasteiger partial charge in [-0.3, -0.25) is 19.2 Å². The molecule has 0 fully saturated rings. The summed E-state index contributed by atoms with van der Waals surface area (Å²) in [7, 11) is 0. The van der Waals surface area contributed by atoms with E-state index in [0.717, 1.165) is 20.9 Å². The largest absolute Gasteiger partial charge is 0.268 e. The highest BCUT2D eigenvalue weighted by Crippen LogP contribution is 2.34. The number of carbonyl (C=O) groups excluding carboxylic acids is 4. The van der Waals surface area contributed by atoms with Crippen molar-refractivity contribution in [2.75, 3.05) is 9.80 Å². The van der Waals surface area contributed by atoms with Crippen LogP contribution in [0.3, 0.4) is 0 Å². The van der Waals surface area contributed by atoms with E-state index in [1.807, 2.05) is 60.7 Å². The van der Waals surface area contributed by atoms with Crippen molar-refractivity contribution in [3.8, 4) is 23.7 Å². The lowest BCUT2D eigenvalue weighted by Crippen LogP contribution is -2.31. The molecule has 5 aromatic rings. The maximum Gasteiger partial charge on any atom is 0.266 e. The second-order valence-corrected chi connectivity index (χ2v) is 10.2. The Morgan fingerprint density at radius 1 is 0.341 bits per heavy atom. The van der Waals surface area contributed by atoms with Crippen molar-refractivity contribution in [3.63, 3.8) is 0 Å². The Balaban J connectivity index is 1.16. The zero-order chi connectivity index (χ0) is 30.2. The van der Waals surface area contributed by atoms with E-state index in [4.69, 9.17) is 0 Å². The third-order valence-corrected chi connectivity index (χ3v) is 7.37. The molecule has 7 rings (SSSR count). The van der Waals surface area contributed by atoms with Gasteiger partial charge in [0.05, 0.1) is 33.6 Å². The van der Waals surface area contributed by atoms with Crippen molar-refractivity contribution >= 4 is 35.0 Å². The number of fused-ring (bicyclic) bond motifs is 2. The normalized spacial score (nSPS) is 13.2. The number of carbonyl (C=O) groups is 4. The Labute approximate surface area is 253 Å². The van der Waals surface area contributed by atoms with Gasteiger partial charge in [-0.25, -0.2) is 9.80 Å². The smallest absolute Gasteiger partial charge is 0.266 e. The Hall–Kier alpha value is -6.50. The minimum atomic E-state index is -0.505. The van der Waals surface area contributed by atoms with Crippen LogP contribution >= 0.6 is 0 Å². The number of rotatable bonds is 2. The molecule has 2 aliphatic heterocycles. The fourth-order valence-electron chi connectivity index (χ4n) is 5.21. The summed E-state index contributed by atoms with van der Waals surface area (Å²) in [5, 5.41) is 0. The number of anilines is 2. The quantitative estimate of drug-likeness (QED) is 0.191. The van der Waals surface area contributed by atoms with Gasteiger partial charge in [0.15, 0.2) is 0 Å². The molecule has 0 saturated heterocycles. The van der Waals surface area contributed by atoms with Crippen molar-refractivity contribution in [3.05, 3.63) is 166 Å². The Kier molecular flexibility index (Phi) is 6.43. The third-order valence-electron chi connectivity index (χ3n) is 7.37. The van der Waals surface area contributed by atoms with Gasteiger partial charge in [0.1, 0.15) is 0 Å². The van der Waals surface area contributed by atoms with Gasteiger partial charge in [0, 0.05) is 22.3 Å². The lowest BCUT2D eigenvalue weighted by molar-refractivity contribution is 0.0912. The van der Waals surface area contributed by atoms with Crippen molar-refractivity contribution in [1.82, 2.24) is 0 Å². The molecule has 0 unspecified atom stereocenters. The fourth-order valence-corrected chi connectivity index (χ4v) is 5.21. The molecule has 0 bridgehead atoms. The van der Waals surface area contributed by atoms with Crippen LogP contribution in [0.4, 0.5) is 11.4 Å². The first kappa shape index (κ1) is 26.4. The molecule has 2 heterocycles. The molecule has 2 aliphatic rings. The molecule has 0 saturated carbocycles. The molecule has 6 nitrogen and oxygen atoms in total. The molecule has 5 aromatic carbocycles. The summed E-state index contributed by atoms with van der Waals surface area (Å²) < 4.78 is 0. The highest BCUT2D eigenvalue weighted by molar-refractivity contribution is 6.36. The van der Waals surface area contributed by atoms with Gasteiger partial charge >= 0.3 is 0 Å². The third kappa shape index (κ3) is 4.63. The summed E-state index contributed by atoms with van der Waals surface area (Å²) in [6.45, 7) is 0.